The number of hydrogen-bond donors (Lipinski definition) is 1. The van der Waals surface area contributed by atoms with Crippen LogP contribution >= 0.6 is 22.7 Å². The number of carbonyl (C=O) groups is 1. The average molecular weight is 286 g/mol. The molecule has 0 saturated heterocycles. The number of nitrogens with zero attached hydrogens (tertiary/aromatic N) is 1. The summed E-state index contributed by atoms with van der Waals surface area (Å²) in [6.45, 7) is 0. The highest BCUT2D eigenvalue weighted by Gasteiger charge is 2.08. The summed E-state index contributed by atoms with van der Waals surface area (Å²) in [7, 11) is 0. The van der Waals surface area contributed by atoms with Crippen LogP contribution in [0, 0.1) is 0 Å². The molecule has 0 unspecified atom stereocenters. The molecule has 3 rings (SSSR count). The summed E-state index contributed by atoms with van der Waals surface area (Å²) in [6.07, 6.45) is 1.77. The van der Waals surface area contributed by atoms with Crippen molar-refractivity contribution in [2.45, 2.75) is 0 Å². The van der Waals surface area contributed by atoms with E-state index in [9.17, 15) is 4.79 Å². The van der Waals surface area contributed by atoms with Crippen LogP contribution in [0.25, 0.3) is 10.6 Å². The molecule has 3 nitrogen and oxygen atoms in total. The second kappa shape index (κ2) is 5.34. The zero-order valence-electron chi connectivity index (χ0n) is 9.87. The Bertz CT molecular complexity index is 675. The van der Waals surface area contributed by atoms with E-state index in [-0.39, 0.29) is 5.91 Å². The minimum absolute atomic E-state index is 0.0775. The normalized spacial score (nSPS) is 10.3. The van der Waals surface area contributed by atoms with E-state index in [1.807, 2.05) is 47.2 Å². The zero-order valence-corrected chi connectivity index (χ0v) is 11.5. The van der Waals surface area contributed by atoms with Gasteiger partial charge in [0.05, 0.1) is 4.88 Å². The minimum Gasteiger partial charge on any atom is -0.321 e. The number of anilines is 1. The fraction of sp³-hybridized carbons (Fsp3) is 0. The SMILES string of the molecule is O=C(Nc1cccc(-c2nccs2)c1)c1cccs1. The van der Waals surface area contributed by atoms with Gasteiger partial charge in [-0.15, -0.1) is 22.7 Å². The van der Waals surface area contributed by atoms with Crippen molar-refractivity contribution in [3.63, 3.8) is 0 Å². The summed E-state index contributed by atoms with van der Waals surface area (Å²) >= 11 is 3.01. The second-order valence-electron chi connectivity index (χ2n) is 3.85. The monoisotopic (exact) mass is 286 g/mol. The van der Waals surface area contributed by atoms with E-state index < -0.39 is 0 Å². The molecule has 1 aromatic carbocycles. The number of nitrogens with one attached hydrogen (secondary N) is 1. The first-order valence-electron chi connectivity index (χ1n) is 5.68. The van der Waals surface area contributed by atoms with E-state index in [0.717, 1.165) is 16.3 Å². The maximum atomic E-state index is 12.0. The van der Waals surface area contributed by atoms with E-state index in [1.165, 1.54) is 11.3 Å². The van der Waals surface area contributed by atoms with Crippen LogP contribution < -0.4 is 5.32 Å². The Morgan fingerprint density at radius 3 is 2.79 bits per heavy atom. The Morgan fingerprint density at radius 2 is 2.05 bits per heavy atom. The van der Waals surface area contributed by atoms with Crippen LogP contribution in [-0.4, -0.2) is 10.9 Å². The van der Waals surface area contributed by atoms with Crippen LogP contribution in [0.3, 0.4) is 0 Å². The first-order chi connectivity index (χ1) is 9.33. The highest BCUT2D eigenvalue weighted by Crippen LogP contribution is 2.24. The fourth-order valence-corrected chi connectivity index (χ4v) is 2.95. The van der Waals surface area contributed by atoms with Crippen molar-refractivity contribution in [3.05, 3.63) is 58.2 Å². The van der Waals surface area contributed by atoms with Gasteiger partial charge in [-0.05, 0) is 23.6 Å². The molecule has 2 aromatic heterocycles. The minimum atomic E-state index is -0.0775. The Kier molecular flexibility index (Phi) is 3.39. The van der Waals surface area contributed by atoms with Gasteiger partial charge in [0.15, 0.2) is 0 Å². The number of rotatable bonds is 3. The summed E-state index contributed by atoms with van der Waals surface area (Å²) in [6, 6.07) is 11.4. The van der Waals surface area contributed by atoms with Crippen molar-refractivity contribution in [2.75, 3.05) is 5.32 Å². The molecule has 0 aliphatic heterocycles. The molecule has 0 aliphatic carbocycles. The molecule has 0 radical (unpaired) electrons. The third-order valence-corrected chi connectivity index (χ3v) is 4.24. The first kappa shape index (κ1) is 12.1. The Morgan fingerprint density at radius 1 is 1.11 bits per heavy atom. The predicted octanol–water partition coefficient (Wildman–Crippen LogP) is 4.12. The third-order valence-electron chi connectivity index (χ3n) is 2.54. The molecule has 94 valence electrons. The quantitative estimate of drug-likeness (QED) is 0.786. The van der Waals surface area contributed by atoms with Crippen molar-refractivity contribution in [1.82, 2.24) is 4.98 Å². The molecular weight excluding hydrogens is 276 g/mol. The Labute approximate surface area is 118 Å². The molecule has 2 heterocycles. The van der Waals surface area contributed by atoms with Crippen LogP contribution in [0.5, 0.6) is 0 Å². The number of benzene rings is 1. The molecule has 0 saturated carbocycles. The fourth-order valence-electron chi connectivity index (χ4n) is 1.70. The molecule has 0 spiro atoms. The topological polar surface area (TPSA) is 42.0 Å². The lowest BCUT2D eigenvalue weighted by Crippen LogP contribution is -2.09. The van der Waals surface area contributed by atoms with Crippen LogP contribution in [-0.2, 0) is 0 Å². The number of thiazole rings is 1. The summed E-state index contributed by atoms with van der Waals surface area (Å²) in [5.41, 5.74) is 1.80. The largest absolute Gasteiger partial charge is 0.321 e. The molecular formula is C14H10N2OS2. The Hall–Kier alpha value is -1.98. The van der Waals surface area contributed by atoms with Gasteiger partial charge in [0.1, 0.15) is 5.01 Å². The third kappa shape index (κ3) is 2.72. The highest BCUT2D eigenvalue weighted by atomic mass is 32.1. The van der Waals surface area contributed by atoms with Gasteiger partial charge in [0.2, 0.25) is 0 Å². The van der Waals surface area contributed by atoms with Crippen molar-refractivity contribution in [2.24, 2.45) is 0 Å². The van der Waals surface area contributed by atoms with Crippen molar-refractivity contribution >= 4 is 34.3 Å². The predicted molar refractivity (Wildman–Crippen MR) is 79.8 cm³/mol. The molecule has 3 aromatic rings. The summed E-state index contributed by atoms with van der Waals surface area (Å²) in [5.74, 6) is -0.0775. The smallest absolute Gasteiger partial charge is 0.265 e. The maximum absolute atomic E-state index is 12.0. The van der Waals surface area contributed by atoms with Gasteiger partial charge >= 0.3 is 0 Å². The average Bonchev–Trinajstić information content (AvgIpc) is 3.13. The molecule has 5 heteroatoms. The number of thiophene rings is 1. The standard InChI is InChI=1S/C14H10N2OS2/c17-13(12-5-2-7-18-12)16-11-4-1-3-10(9-11)14-15-6-8-19-14/h1-9H,(H,16,17). The summed E-state index contributed by atoms with van der Waals surface area (Å²) in [5, 5.41) is 7.67. The van der Waals surface area contributed by atoms with Gasteiger partial charge in [0, 0.05) is 22.8 Å². The molecule has 0 aliphatic rings. The van der Waals surface area contributed by atoms with E-state index >= 15 is 0 Å². The van der Waals surface area contributed by atoms with Crippen molar-refractivity contribution in [3.8, 4) is 10.6 Å². The van der Waals surface area contributed by atoms with Gasteiger partial charge in [-0.2, -0.15) is 0 Å². The van der Waals surface area contributed by atoms with Gasteiger partial charge in [-0.3, -0.25) is 4.79 Å². The van der Waals surface area contributed by atoms with Gasteiger partial charge in [0.25, 0.3) is 5.91 Å². The van der Waals surface area contributed by atoms with Crippen LogP contribution in [0.4, 0.5) is 5.69 Å². The molecule has 19 heavy (non-hydrogen) atoms. The zero-order chi connectivity index (χ0) is 13.1. The highest BCUT2D eigenvalue weighted by molar-refractivity contribution is 7.13. The molecule has 1 N–H and O–H groups in total. The van der Waals surface area contributed by atoms with E-state index in [4.69, 9.17) is 0 Å². The van der Waals surface area contributed by atoms with Crippen molar-refractivity contribution in [1.29, 1.82) is 0 Å². The Balaban J connectivity index is 1.82. The van der Waals surface area contributed by atoms with E-state index in [0.29, 0.717) is 4.88 Å². The van der Waals surface area contributed by atoms with Crippen LogP contribution in [0.2, 0.25) is 0 Å². The molecule has 0 fully saturated rings. The second-order valence-corrected chi connectivity index (χ2v) is 5.69. The number of aromatic nitrogens is 1. The lowest BCUT2D eigenvalue weighted by atomic mass is 10.2. The molecule has 1 amide bonds. The first-order valence-corrected chi connectivity index (χ1v) is 7.43. The lowest BCUT2D eigenvalue weighted by molar-refractivity contribution is 0.103. The van der Waals surface area contributed by atoms with E-state index in [2.05, 4.69) is 10.3 Å². The van der Waals surface area contributed by atoms with Crippen LogP contribution in [0.1, 0.15) is 9.67 Å². The van der Waals surface area contributed by atoms with Gasteiger partial charge in [-0.25, -0.2) is 4.98 Å². The number of hydrogen-bond acceptors (Lipinski definition) is 4. The summed E-state index contributed by atoms with van der Waals surface area (Å²) in [4.78, 5) is 16.9. The lowest BCUT2D eigenvalue weighted by Gasteiger charge is -2.05. The van der Waals surface area contributed by atoms with Gasteiger partial charge in [-0.1, -0.05) is 18.2 Å². The van der Waals surface area contributed by atoms with Gasteiger partial charge < -0.3 is 5.32 Å². The molecule has 0 atom stereocenters. The molecule has 0 bridgehead atoms. The number of amides is 1. The maximum Gasteiger partial charge on any atom is 0.265 e. The summed E-state index contributed by atoms with van der Waals surface area (Å²) < 4.78 is 0. The van der Waals surface area contributed by atoms with Crippen molar-refractivity contribution < 1.29 is 4.79 Å². The van der Waals surface area contributed by atoms with Crippen LogP contribution in [0.15, 0.2) is 53.4 Å². The van der Waals surface area contributed by atoms with E-state index in [1.54, 1.807) is 17.5 Å². The number of carbonyl (C=O) groups excluding carboxylic acids is 1.